The molecule has 2 aromatic carbocycles. The minimum atomic E-state index is -1.16. The van der Waals surface area contributed by atoms with E-state index in [1.54, 1.807) is 0 Å². The number of aromatic carboxylic acids is 1. The molecule has 0 atom stereocenters. The van der Waals surface area contributed by atoms with Crippen LogP contribution in [0.3, 0.4) is 0 Å². The summed E-state index contributed by atoms with van der Waals surface area (Å²) in [6, 6.07) is 12.1. The van der Waals surface area contributed by atoms with Gasteiger partial charge in [0.25, 0.3) is 0 Å². The van der Waals surface area contributed by atoms with Crippen molar-refractivity contribution in [2.24, 2.45) is 0 Å². The van der Waals surface area contributed by atoms with Gasteiger partial charge in [-0.25, -0.2) is 9.18 Å². The zero-order valence-electron chi connectivity index (χ0n) is 11.8. The van der Waals surface area contributed by atoms with E-state index in [2.05, 4.69) is 0 Å². The van der Waals surface area contributed by atoms with Gasteiger partial charge in [0.1, 0.15) is 23.7 Å². The van der Waals surface area contributed by atoms with Crippen LogP contribution in [0.5, 0.6) is 5.75 Å². The summed E-state index contributed by atoms with van der Waals surface area (Å²) in [5.74, 6) is -1.37. The van der Waals surface area contributed by atoms with Gasteiger partial charge in [-0.1, -0.05) is 30.3 Å². The van der Waals surface area contributed by atoms with Crippen LogP contribution in [0.2, 0.25) is 0 Å². The normalized spacial score (nSPS) is 10.8. The molecule has 3 aromatic rings. The van der Waals surface area contributed by atoms with E-state index >= 15 is 0 Å². The van der Waals surface area contributed by atoms with Crippen molar-refractivity contribution in [2.45, 2.75) is 13.5 Å². The predicted octanol–water partition coefficient (Wildman–Crippen LogP) is 4.16. The van der Waals surface area contributed by atoms with E-state index in [1.165, 1.54) is 19.1 Å². The summed E-state index contributed by atoms with van der Waals surface area (Å²) in [4.78, 5) is 11.3. The van der Waals surface area contributed by atoms with Gasteiger partial charge in [0.2, 0.25) is 0 Å². The smallest absolute Gasteiger partial charge is 0.339 e. The Morgan fingerprint density at radius 2 is 2.00 bits per heavy atom. The van der Waals surface area contributed by atoms with Crippen LogP contribution in [0.1, 0.15) is 21.7 Å². The summed E-state index contributed by atoms with van der Waals surface area (Å²) in [6.07, 6.45) is 0. The maximum Gasteiger partial charge on any atom is 0.339 e. The lowest BCUT2D eigenvalue weighted by Crippen LogP contribution is -1.98. The average Bonchev–Trinajstić information content (AvgIpc) is 2.83. The first-order chi connectivity index (χ1) is 10.6. The average molecular weight is 300 g/mol. The summed E-state index contributed by atoms with van der Waals surface area (Å²) in [5, 5.41) is 9.42. The standard InChI is InChI=1S/C17H13FO4/c1-10-15(17(19)20)13-7-12(8-14(18)16(13)22-10)21-9-11-5-3-2-4-6-11/h2-8H,9H2,1H3,(H,19,20). The van der Waals surface area contributed by atoms with Crippen molar-refractivity contribution in [3.63, 3.8) is 0 Å². The third-order valence-corrected chi connectivity index (χ3v) is 3.36. The van der Waals surface area contributed by atoms with Crippen LogP contribution in [-0.2, 0) is 6.61 Å². The van der Waals surface area contributed by atoms with E-state index in [0.717, 1.165) is 5.56 Å². The number of carbonyl (C=O) groups is 1. The lowest BCUT2D eigenvalue weighted by atomic mass is 10.1. The lowest BCUT2D eigenvalue weighted by molar-refractivity contribution is 0.0697. The molecule has 0 spiro atoms. The largest absolute Gasteiger partial charge is 0.489 e. The number of halogens is 1. The Balaban J connectivity index is 1.97. The highest BCUT2D eigenvalue weighted by atomic mass is 19.1. The molecule has 1 N–H and O–H groups in total. The Morgan fingerprint density at radius 3 is 2.68 bits per heavy atom. The van der Waals surface area contributed by atoms with Gasteiger partial charge in [0.05, 0.1) is 0 Å². The molecule has 5 heteroatoms. The van der Waals surface area contributed by atoms with Crippen molar-refractivity contribution in [3.05, 3.63) is 65.2 Å². The van der Waals surface area contributed by atoms with Crippen LogP contribution in [0.25, 0.3) is 11.0 Å². The molecular formula is C17H13FO4. The van der Waals surface area contributed by atoms with Crippen LogP contribution in [-0.4, -0.2) is 11.1 Å². The van der Waals surface area contributed by atoms with Gasteiger partial charge in [-0.05, 0) is 18.6 Å². The maximum atomic E-state index is 14.1. The Morgan fingerprint density at radius 1 is 1.27 bits per heavy atom. The van der Waals surface area contributed by atoms with E-state index in [9.17, 15) is 14.3 Å². The number of carboxylic acid groups (broad SMARTS) is 1. The van der Waals surface area contributed by atoms with Gasteiger partial charge >= 0.3 is 5.97 Å². The SMILES string of the molecule is Cc1oc2c(F)cc(OCc3ccccc3)cc2c1C(=O)O. The highest BCUT2D eigenvalue weighted by Gasteiger charge is 2.21. The summed E-state index contributed by atoms with van der Waals surface area (Å²) < 4.78 is 24.8. The number of fused-ring (bicyclic) bond motifs is 1. The van der Waals surface area contributed by atoms with Gasteiger partial charge in [-0.3, -0.25) is 0 Å². The van der Waals surface area contributed by atoms with Crippen molar-refractivity contribution in [2.75, 3.05) is 0 Å². The number of ether oxygens (including phenoxy) is 1. The lowest BCUT2D eigenvalue weighted by Gasteiger charge is -2.06. The van der Waals surface area contributed by atoms with E-state index in [0.29, 0.717) is 0 Å². The number of carboxylic acids is 1. The Labute approximate surface area is 125 Å². The second kappa shape index (κ2) is 5.52. The van der Waals surface area contributed by atoms with Gasteiger partial charge in [-0.2, -0.15) is 0 Å². The summed E-state index contributed by atoms with van der Waals surface area (Å²) in [7, 11) is 0. The maximum absolute atomic E-state index is 14.1. The number of furan rings is 1. The number of hydrogen-bond donors (Lipinski definition) is 1. The summed E-state index contributed by atoms with van der Waals surface area (Å²) in [6.45, 7) is 1.76. The third-order valence-electron chi connectivity index (χ3n) is 3.36. The van der Waals surface area contributed by atoms with Gasteiger partial charge in [0.15, 0.2) is 11.4 Å². The van der Waals surface area contributed by atoms with E-state index in [4.69, 9.17) is 9.15 Å². The van der Waals surface area contributed by atoms with Crippen LogP contribution in [0, 0.1) is 12.7 Å². The van der Waals surface area contributed by atoms with Gasteiger partial charge < -0.3 is 14.3 Å². The second-order valence-corrected chi connectivity index (χ2v) is 4.89. The van der Waals surface area contributed by atoms with Crippen LogP contribution >= 0.6 is 0 Å². The zero-order valence-corrected chi connectivity index (χ0v) is 11.8. The molecule has 0 aliphatic heterocycles. The van der Waals surface area contributed by atoms with Gasteiger partial charge in [0, 0.05) is 11.5 Å². The molecule has 1 heterocycles. The quantitative estimate of drug-likeness (QED) is 0.786. The van der Waals surface area contributed by atoms with Crippen molar-refractivity contribution >= 4 is 16.9 Å². The Kier molecular flexibility index (Phi) is 3.55. The second-order valence-electron chi connectivity index (χ2n) is 4.89. The Bertz CT molecular complexity index is 837. The molecule has 0 radical (unpaired) electrons. The molecule has 1 aromatic heterocycles. The first kappa shape index (κ1) is 14.1. The first-order valence-corrected chi connectivity index (χ1v) is 6.69. The highest BCUT2D eigenvalue weighted by Crippen LogP contribution is 2.31. The molecule has 0 aliphatic rings. The fourth-order valence-corrected chi connectivity index (χ4v) is 2.34. The van der Waals surface area contributed by atoms with Crippen molar-refractivity contribution in [3.8, 4) is 5.75 Å². The number of benzene rings is 2. The number of rotatable bonds is 4. The Hall–Kier alpha value is -2.82. The van der Waals surface area contributed by atoms with Crippen molar-refractivity contribution in [1.29, 1.82) is 0 Å². The van der Waals surface area contributed by atoms with E-state index in [-0.39, 0.29) is 34.6 Å². The van der Waals surface area contributed by atoms with Crippen molar-refractivity contribution in [1.82, 2.24) is 0 Å². The van der Waals surface area contributed by atoms with E-state index < -0.39 is 11.8 Å². The van der Waals surface area contributed by atoms with Crippen LogP contribution < -0.4 is 4.74 Å². The molecule has 0 amide bonds. The monoisotopic (exact) mass is 300 g/mol. The molecule has 0 fully saturated rings. The third kappa shape index (κ3) is 2.53. The molecule has 4 nitrogen and oxygen atoms in total. The molecule has 0 saturated heterocycles. The fraction of sp³-hybridized carbons (Fsp3) is 0.118. The minimum Gasteiger partial charge on any atom is -0.489 e. The summed E-state index contributed by atoms with van der Waals surface area (Å²) in [5.41, 5.74) is 0.825. The first-order valence-electron chi connectivity index (χ1n) is 6.69. The molecule has 0 saturated carbocycles. The molecule has 0 bridgehead atoms. The zero-order chi connectivity index (χ0) is 15.7. The topological polar surface area (TPSA) is 59.7 Å². The van der Waals surface area contributed by atoms with Crippen LogP contribution in [0.15, 0.2) is 46.9 Å². The molecule has 3 rings (SSSR count). The fourth-order valence-electron chi connectivity index (χ4n) is 2.34. The number of aryl methyl sites for hydroxylation is 1. The van der Waals surface area contributed by atoms with E-state index in [1.807, 2.05) is 30.3 Å². The highest BCUT2D eigenvalue weighted by molar-refractivity contribution is 6.04. The number of hydrogen-bond acceptors (Lipinski definition) is 3. The minimum absolute atomic E-state index is 0.0425. The van der Waals surface area contributed by atoms with Crippen molar-refractivity contribution < 1.29 is 23.4 Å². The molecule has 0 aliphatic carbocycles. The van der Waals surface area contributed by atoms with Gasteiger partial charge in [-0.15, -0.1) is 0 Å². The molecule has 22 heavy (non-hydrogen) atoms. The molecule has 0 unspecified atom stereocenters. The molecular weight excluding hydrogens is 287 g/mol. The van der Waals surface area contributed by atoms with Crippen LogP contribution in [0.4, 0.5) is 4.39 Å². The summed E-state index contributed by atoms with van der Waals surface area (Å²) >= 11 is 0. The predicted molar refractivity (Wildman–Crippen MR) is 78.6 cm³/mol. The molecule has 112 valence electrons.